The van der Waals surface area contributed by atoms with E-state index in [1.54, 1.807) is 36.0 Å². The molecule has 3 N–H and O–H groups in total. The van der Waals surface area contributed by atoms with E-state index in [1.165, 1.54) is 0 Å². The zero-order valence-corrected chi connectivity index (χ0v) is 14.1. The molecule has 2 aromatic rings. The van der Waals surface area contributed by atoms with Crippen molar-refractivity contribution in [2.75, 3.05) is 5.32 Å². The van der Waals surface area contributed by atoms with E-state index < -0.39 is 5.91 Å². The minimum Gasteiger partial charge on any atom is -0.366 e. The van der Waals surface area contributed by atoms with Crippen molar-refractivity contribution in [3.8, 4) is 0 Å². The van der Waals surface area contributed by atoms with E-state index in [9.17, 15) is 9.59 Å². The molecule has 0 spiro atoms. The van der Waals surface area contributed by atoms with E-state index in [-0.39, 0.29) is 11.3 Å². The molecule has 0 saturated carbocycles. The molecule has 1 aromatic carbocycles. The summed E-state index contributed by atoms with van der Waals surface area (Å²) in [5, 5.41) is 7.25. The Kier molecular flexibility index (Phi) is 4.27. The number of benzene rings is 1. The molecule has 0 unspecified atom stereocenters. The number of carbonyl (C=O) groups is 2. The maximum absolute atomic E-state index is 12.5. The highest BCUT2D eigenvalue weighted by Crippen LogP contribution is 2.22. The summed E-state index contributed by atoms with van der Waals surface area (Å²) >= 11 is 0. The van der Waals surface area contributed by atoms with Crippen LogP contribution in [0.25, 0.3) is 0 Å². The standard InChI is InChI=1S/C17H22N4O2/c1-10-8-11(15(18)22)6-7-12(10)19-16(23)13-9-14(17(2,3)4)20-21(13)5/h6-9H,1-5H3,(H2,18,22)(H,19,23). The van der Waals surface area contributed by atoms with Gasteiger partial charge < -0.3 is 11.1 Å². The highest BCUT2D eigenvalue weighted by Gasteiger charge is 2.22. The van der Waals surface area contributed by atoms with E-state index >= 15 is 0 Å². The van der Waals surface area contributed by atoms with Gasteiger partial charge in [-0.15, -0.1) is 0 Å². The minimum absolute atomic E-state index is 0.130. The van der Waals surface area contributed by atoms with Crippen molar-refractivity contribution >= 4 is 17.5 Å². The average molecular weight is 314 g/mol. The minimum atomic E-state index is -0.493. The summed E-state index contributed by atoms with van der Waals surface area (Å²) in [5.74, 6) is -0.738. The quantitative estimate of drug-likeness (QED) is 0.911. The SMILES string of the molecule is Cc1cc(C(N)=O)ccc1NC(=O)c1cc(C(C)(C)C)nn1C. The van der Waals surface area contributed by atoms with Gasteiger partial charge in [0, 0.05) is 23.7 Å². The third-order valence-corrected chi connectivity index (χ3v) is 3.64. The number of nitrogens with two attached hydrogens (primary N) is 1. The molecule has 0 fully saturated rings. The first-order chi connectivity index (χ1) is 10.6. The summed E-state index contributed by atoms with van der Waals surface area (Å²) < 4.78 is 1.57. The summed E-state index contributed by atoms with van der Waals surface area (Å²) in [6.07, 6.45) is 0. The first kappa shape index (κ1) is 16.7. The molecular formula is C17H22N4O2. The van der Waals surface area contributed by atoms with Crippen LogP contribution in [0.1, 0.15) is 52.9 Å². The number of anilines is 1. The molecule has 0 saturated heterocycles. The van der Waals surface area contributed by atoms with Crippen molar-refractivity contribution in [3.63, 3.8) is 0 Å². The summed E-state index contributed by atoms with van der Waals surface area (Å²) in [7, 11) is 1.74. The van der Waals surface area contributed by atoms with Crippen molar-refractivity contribution < 1.29 is 9.59 Å². The Bertz CT molecular complexity index is 769. The Balaban J connectivity index is 2.26. The van der Waals surface area contributed by atoms with Crippen LogP contribution in [-0.4, -0.2) is 21.6 Å². The van der Waals surface area contributed by atoms with Gasteiger partial charge in [-0.25, -0.2) is 0 Å². The van der Waals surface area contributed by atoms with Crippen molar-refractivity contribution in [1.82, 2.24) is 9.78 Å². The molecule has 0 atom stereocenters. The average Bonchev–Trinajstić information content (AvgIpc) is 2.83. The molecule has 0 bridgehead atoms. The van der Waals surface area contributed by atoms with Crippen molar-refractivity contribution in [2.24, 2.45) is 12.8 Å². The van der Waals surface area contributed by atoms with Crippen LogP contribution in [0.2, 0.25) is 0 Å². The highest BCUT2D eigenvalue weighted by atomic mass is 16.2. The number of hydrogen-bond acceptors (Lipinski definition) is 3. The molecule has 0 aliphatic heterocycles. The lowest BCUT2D eigenvalue weighted by Gasteiger charge is -2.13. The van der Waals surface area contributed by atoms with Gasteiger partial charge in [-0.05, 0) is 36.8 Å². The van der Waals surface area contributed by atoms with Crippen molar-refractivity contribution in [1.29, 1.82) is 0 Å². The van der Waals surface area contributed by atoms with Gasteiger partial charge in [0.15, 0.2) is 0 Å². The van der Waals surface area contributed by atoms with Gasteiger partial charge in [-0.3, -0.25) is 14.3 Å². The molecule has 6 heteroatoms. The molecule has 23 heavy (non-hydrogen) atoms. The van der Waals surface area contributed by atoms with Crippen LogP contribution in [-0.2, 0) is 12.5 Å². The number of primary amides is 1. The van der Waals surface area contributed by atoms with Gasteiger partial charge in [0.05, 0.1) is 5.69 Å². The van der Waals surface area contributed by atoms with E-state index in [0.717, 1.165) is 11.3 Å². The van der Waals surface area contributed by atoms with E-state index in [4.69, 9.17) is 5.73 Å². The normalized spacial score (nSPS) is 11.3. The van der Waals surface area contributed by atoms with Crippen LogP contribution >= 0.6 is 0 Å². The fourth-order valence-electron chi connectivity index (χ4n) is 2.19. The predicted molar refractivity (Wildman–Crippen MR) is 89.6 cm³/mol. The lowest BCUT2D eigenvalue weighted by molar-refractivity contribution is 0.0997. The molecule has 2 amide bonds. The maximum atomic E-state index is 12.5. The summed E-state index contributed by atoms with van der Waals surface area (Å²) in [5.41, 5.74) is 8.28. The number of aromatic nitrogens is 2. The number of hydrogen-bond donors (Lipinski definition) is 2. The van der Waals surface area contributed by atoms with Crippen molar-refractivity contribution in [2.45, 2.75) is 33.1 Å². The lowest BCUT2D eigenvalue weighted by Crippen LogP contribution is -2.17. The molecule has 122 valence electrons. The first-order valence-corrected chi connectivity index (χ1v) is 7.36. The second kappa shape index (κ2) is 5.87. The first-order valence-electron chi connectivity index (χ1n) is 7.36. The van der Waals surface area contributed by atoms with Crippen molar-refractivity contribution in [3.05, 3.63) is 46.8 Å². The largest absolute Gasteiger partial charge is 0.366 e. The van der Waals surface area contributed by atoms with Crippen LogP contribution < -0.4 is 11.1 Å². The zero-order chi connectivity index (χ0) is 17.4. The van der Waals surface area contributed by atoms with E-state index in [2.05, 4.69) is 10.4 Å². The topological polar surface area (TPSA) is 90.0 Å². The molecular weight excluding hydrogens is 292 g/mol. The Morgan fingerprint density at radius 1 is 1.22 bits per heavy atom. The molecule has 0 aliphatic carbocycles. The monoisotopic (exact) mass is 314 g/mol. The number of amides is 2. The van der Waals surface area contributed by atoms with Gasteiger partial charge >= 0.3 is 0 Å². The zero-order valence-electron chi connectivity index (χ0n) is 14.1. The molecule has 6 nitrogen and oxygen atoms in total. The second-order valence-electron chi connectivity index (χ2n) is 6.64. The van der Waals surface area contributed by atoms with Gasteiger partial charge in [-0.2, -0.15) is 5.10 Å². The molecule has 0 radical (unpaired) electrons. The van der Waals surface area contributed by atoms with Crippen LogP contribution in [0.15, 0.2) is 24.3 Å². The summed E-state index contributed by atoms with van der Waals surface area (Å²) in [6.45, 7) is 7.95. The predicted octanol–water partition coefficient (Wildman–Crippen LogP) is 2.38. The van der Waals surface area contributed by atoms with E-state index in [0.29, 0.717) is 16.9 Å². The summed E-state index contributed by atoms with van der Waals surface area (Å²) in [4.78, 5) is 23.7. The summed E-state index contributed by atoms with van der Waals surface area (Å²) in [6, 6.07) is 6.72. The smallest absolute Gasteiger partial charge is 0.273 e. The fraction of sp³-hybridized carbons (Fsp3) is 0.353. The number of nitrogens with one attached hydrogen (secondary N) is 1. The van der Waals surface area contributed by atoms with Gasteiger partial charge in [-0.1, -0.05) is 20.8 Å². The Morgan fingerprint density at radius 2 is 1.87 bits per heavy atom. The van der Waals surface area contributed by atoms with E-state index in [1.807, 2.05) is 27.7 Å². The second-order valence-corrected chi connectivity index (χ2v) is 6.64. The van der Waals surface area contributed by atoms with Crippen LogP contribution in [0.3, 0.4) is 0 Å². The molecule has 0 aliphatic rings. The number of rotatable bonds is 3. The molecule has 1 heterocycles. The fourth-order valence-corrected chi connectivity index (χ4v) is 2.19. The van der Waals surface area contributed by atoms with Gasteiger partial charge in [0.2, 0.25) is 5.91 Å². The third-order valence-electron chi connectivity index (χ3n) is 3.64. The Labute approximate surface area is 135 Å². The van der Waals surface area contributed by atoms with Gasteiger partial charge in [0.25, 0.3) is 5.91 Å². The van der Waals surface area contributed by atoms with Crippen LogP contribution in [0.5, 0.6) is 0 Å². The molecule has 1 aromatic heterocycles. The third kappa shape index (κ3) is 3.59. The maximum Gasteiger partial charge on any atom is 0.273 e. The number of carbonyl (C=O) groups excluding carboxylic acids is 2. The number of nitrogens with zero attached hydrogens (tertiary/aromatic N) is 2. The Hall–Kier alpha value is -2.63. The Morgan fingerprint density at radius 3 is 2.35 bits per heavy atom. The highest BCUT2D eigenvalue weighted by molar-refractivity contribution is 6.04. The van der Waals surface area contributed by atoms with Crippen LogP contribution in [0, 0.1) is 6.92 Å². The lowest BCUT2D eigenvalue weighted by atomic mass is 9.92. The number of aryl methyl sites for hydroxylation is 2. The van der Waals surface area contributed by atoms with Crippen LogP contribution in [0.4, 0.5) is 5.69 Å². The van der Waals surface area contributed by atoms with Gasteiger partial charge in [0.1, 0.15) is 5.69 Å². The molecule has 2 rings (SSSR count).